The summed E-state index contributed by atoms with van der Waals surface area (Å²) in [4.78, 5) is 13.0. The van der Waals surface area contributed by atoms with Gasteiger partial charge < -0.3 is 4.74 Å². The van der Waals surface area contributed by atoms with Crippen molar-refractivity contribution >= 4 is 33.5 Å². The Bertz CT molecular complexity index is 567. The molecule has 0 heterocycles. The Balaban J connectivity index is 2.02. The predicted octanol–water partition coefficient (Wildman–Crippen LogP) is 4.43. The quantitative estimate of drug-likeness (QED) is 0.596. The van der Waals surface area contributed by atoms with Crippen molar-refractivity contribution in [3.05, 3.63) is 58.6 Å². The minimum Gasteiger partial charge on any atom is -0.496 e. The number of benzene rings is 2. The molecule has 98 valence electrons. The second-order valence-corrected chi connectivity index (χ2v) is 5.80. The molecule has 0 radical (unpaired) electrons. The van der Waals surface area contributed by atoms with E-state index in [4.69, 9.17) is 4.74 Å². The smallest absolute Gasteiger partial charge is 0.173 e. The van der Waals surface area contributed by atoms with Gasteiger partial charge in [0.05, 0.1) is 12.9 Å². The summed E-state index contributed by atoms with van der Waals surface area (Å²) in [6.45, 7) is 0. The average Bonchev–Trinajstić information content (AvgIpc) is 2.45. The molecule has 2 rings (SSSR count). The van der Waals surface area contributed by atoms with Crippen molar-refractivity contribution in [2.75, 3.05) is 12.9 Å². The van der Waals surface area contributed by atoms with Crippen LogP contribution in [0.25, 0.3) is 0 Å². The van der Waals surface area contributed by atoms with Gasteiger partial charge in [0.15, 0.2) is 5.78 Å². The molecule has 0 bridgehead atoms. The van der Waals surface area contributed by atoms with Gasteiger partial charge in [-0.1, -0.05) is 40.2 Å². The summed E-state index contributed by atoms with van der Waals surface area (Å²) in [5, 5.41) is 0. The molecule has 19 heavy (non-hydrogen) atoms. The van der Waals surface area contributed by atoms with Gasteiger partial charge in [-0.15, -0.1) is 11.8 Å². The zero-order valence-corrected chi connectivity index (χ0v) is 12.8. The first kappa shape index (κ1) is 14.2. The van der Waals surface area contributed by atoms with E-state index in [0.29, 0.717) is 5.75 Å². The highest BCUT2D eigenvalue weighted by Gasteiger charge is 2.08. The first-order valence-electron chi connectivity index (χ1n) is 5.75. The highest BCUT2D eigenvalue weighted by Crippen LogP contribution is 2.29. The average molecular weight is 337 g/mol. The van der Waals surface area contributed by atoms with Crippen molar-refractivity contribution in [2.45, 2.75) is 4.90 Å². The summed E-state index contributed by atoms with van der Waals surface area (Å²) in [5.41, 5.74) is 0.727. The van der Waals surface area contributed by atoms with Crippen molar-refractivity contribution in [3.63, 3.8) is 0 Å². The highest BCUT2D eigenvalue weighted by molar-refractivity contribution is 9.10. The van der Waals surface area contributed by atoms with E-state index in [1.807, 2.05) is 48.5 Å². The molecule has 0 amide bonds. The maximum Gasteiger partial charge on any atom is 0.173 e. The molecule has 0 N–H and O–H groups in total. The van der Waals surface area contributed by atoms with E-state index in [9.17, 15) is 4.79 Å². The molecular formula is C15H13BrO2S. The number of carbonyl (C=O) groups is 1. The van der Waals surface area contributed by atoms with E-state index in [1.165, 1.54) is 11.8 Å². The molecule has 0 aromatic heterocycles. The molecule has 0 saturated heterocycles. The molecule has 0 unspecified atom stereocenters. The van der Waals surface area contributed by atoms with Crippen LogP contribution < -0.4 is 4.74 Å². The van der Waals surface area contributed by atoms with E-state index in [0.717, 1.165) is 20.7 Å². The fourth-order valence-electron chi connectivity index (χ4n) is 1.60. The number of rotatable bonds is 5. The highest BCUT2D eigenvalue weighted by atomic mass is 79.9. The number of ketones is 1. The van der Waals surface area contributed by atoms with Crippen LogP contribution >= 0.6 is 27.7 Å². The Morgan fingerprint density at radius 2 is 1.84 bits per heavy atom. The summed E-state index contributed by atoms with van der Waals surface area (Å²) in [6.07, 6.45) is 0. The van der Waals surface area contributed by atoms with Crippen LogP contribution in [-0.2, 0) is 0 Å². The Morgan fingerprint density at radius 1 is 1.16 bits per heavy atom. The maximum atomic E-state index is 12.1. The molecule has 0 atom stereocenters. The zero-order valence-electron chi connectivity index (χ0n) is 10.4. The predicted molar refractivity (Wildman–Crippen MR) is 82.2 cm³/mol. The summed E-state index contributed by atoms with van der Waals surface area (Å²) in [6, 6.07) is 15.1. The monoisotopic (exact) mass is 336 g/mol. The van der Waals surface area contributed by atoms with Crippen molar-refractivity contribution in [2.24, 2.45) is 0 Å². The number of ether oxygens (including phenoxy) is 1. The second-order valence-electron chi connectivity index (χ2n) is 3.87. The lowest BCUT2D eigenvalue weighted by molar-refractivity contribution is 0.102. The summed E-state index contributed by atoms with van der Waals surface area (Å²) in [5.74, 6) is 1.32. The van der Waals surface area contributed by atoms with Gasteiger partial charge in [0.25, 0.3) is 0 Å². The molecule has 2 aromatic rings. The Morgan fingerprint density at radius 3 is 2.53 bits per heavy atom. The number of para-hydroxylation sites is 1. The third-order valence-corrected chi connectivity index (χ3v) is 4.18. The number of Topliss-reactive ketones (excluding diaryl/α,β-unsaturated/α-hetero) is 1. The van der Waals surface area contributed by atoms with Crippen molar-refractivity contribution in [1.29, 1.82) is 0 Å². The third-order valence-electron chi connectivity index (χ3n) is 2.59. The minimum atomic E-state index is 0.114. The van der Waals surface area contributed by atoms with Gasteiger partial charge in [0.1, 0.15) is 5.75 Å². The summed E-state index contributed by atoms with van der Waals surface area (Å²) >= 11 is 4.85. The number of hydrogen-bond acceptors (Lipinski definition) is 3. The van der Waals surface area contributed by atoms with Gasteiger partial charge in [0, 0.05) is 14.9 Å². The van der Waals surface area contributed by atoms with Crippen LogP contribution in [-0.4, -0.2) is 18.6 Å². The van der Waals surface area contributed by atoms with Crippen LogP contribution in [0.15, 0.2) is 57.9 Å². The standard InChI is InChI=1S/C15H13BrO2S/c1-18-14-4-2-3-5-15(14)19-10-13(17)11-6-8-12(16)9-7-11/h2-9H,10H2,1H3. The minimum absolute atomic E-state index is 0.114. The van der Waals surface area contributed by atoms with E-state index >= 15 is 0 Å². The van der Waals surface area contributed by atoms with Crippen LogP contribution in [0, 0.1) is 0 Å². The second kappa shape index (κ2) is 6.78. The van der Waals surface area contributed by atoms with Gasteiger partial charge in [-0.25, -0.2) is 0 Å². The molecule has 0 aliphatic carbocycles. The SMILES string of the molecule is COc1ccccc1SCC(=O)c1ccc(Br)cc1. The lowest BCUT2D eigenvalue weighted by Crippen LogP contribution is -2.02. The Labute approximate surface area is 125 Å². The first-order valence-corrected chi connectivity index (χ1v) is 7.53. The lowest BCUT2D eigenvalue weighted by atomic mass is 10.2. The fraction of sp³-hybridized carbons (Fsp3) is 0.133. The topological polar surface area (TPSA) is 26.3 Å². The molecule has 4 heteroatoms. The van der Waals surface area contributed by atoms with Crippen LogP contribution in [0.3, 0.4) is 0 Å². The fourth-order valence-corrected chi connectivity index (χ4v) is 2.79. The molecular weight excluding hydrogens is 324 g/mol. The van der Waals surface area contributed by atoms with Gasteiger partial charge >= 0.3 is 0 Å². The van der Waals surface area contributed by atoms with Crippen molar-refractivity contribution in [3.8, 4) is 5.75 Å². The Kier molecular flexibility index (Phi) is 5.05. The molecule has 0 aliphatic rings. The van der Waals surface area contributed by atoms with Crippen molar-refractivity contribution < 1.29 is 9.53 Å². The molecule has 0 spiro atoms. The molecule has 2 aromatic carbocycles. The van der Waals surface area contributed by atoms with E-state index < -0.39 is 0 Å². The van der Waals surface area contributed by atoms with Crippen LogP contribution in [0.4, 0.5) is 0 Å². The largest absolute Gasteiger partial charge is 0.496 e. The van der Waals surface area contributed by atoms with E-state index in [-0.39, 0.29) is 5.78 Å². The van der Waals surface area contributed by atoms with Gasteiger partial charge in [-0.3, -0.25) is 4.79 Å². The normalized spacial score (nSPS) is 10.2. The first-order chi connectivity index (χ1) is 9.20. The maximum absolute atomic E-state index is 12.1. The number of halogens is 1. The van der Waals surface area contributed by atoms with Crippen LogP contribution in [0.2, 0.25) is 0 Å². The van der Waals surface area contributed by atoms with Crippen molar-refractivity contribution in [1.82, 2.24) is 0 Å². The third kappa shape index (κ3) is 3.85. The zero-order chi connectivity index (χ0) is 13.7. The lowest BCUT2D eigenvalue weighted by Gasteiger charge is -2.07. The Hall–Kier alpha value is -1.26. The van der Waals surface area contributed by atoms with Crippen LogP contribution in [0.5, 0.6) is 5.75 Å². The number of methoxy groups -OCH3 is 1. The van der Waals surface area contributed by atoms with E-state index in [2.05, 4.69) is 15.9 Å². The summed E-state index contributed by atoms with van der Waals surface area (Å²) in [7, 11) is 1.63. The number of thioether (sulfide) groups is 1. The van der Waals surface area contributed by atoms with Gasteiger partial charge in [0.2, 0.25) is 0 Å². The van der Waals surface area contributed by atoms with Gasteiger partial charge in [-0.05, 0) is 24.3 Å². The number of carbonyl (C=O) groups excluding carboxylic acids is 1. The molecule has 0 aliphatic heterocycles. The van der Waals surface area contributed by atoms with E-state index in [1.54, 1.807) is 7.11 Å². The number of hydrogen-bond donors (Lipinski definition) is 0. The molecule has 0 saturated carbocycles. The molecule has 2 nitrogen and oxygen atoms in total. The van der Waals surface area contributed by atoms with Gasteiger partial charge in [-0.2, -0.15) is 0 Å². The van der Waals surface area contributed by atoms with Crippen LogP contribution in [0.1, 0.15) is 10.4 Å². The molecule has 0 fully saturated rings. The summed E-state index contributed by atoms with van der Waals surface area (Å²) < 4.78 is 6.23.